The number of aromatic nitrogens is 1. The fourth-order valence-electron chi connectivity index (χ4n) is 2.93. The van der Waals surface area contributed by atoms with Crippen LogP contribution in [0.5, 0.6) is 0 Å². The molecule has 130 valence electrons. The summed E-state index contributed by atoms with van der Waals surface area (Å²) in [6, 6.07) is 31.2. The number of hydrogen-bond donors (Lipinski definition) is 1. The highest BCUT2D eigenvalue weighted by atomic mass is 16.1. The minimum absolute atomic E-state index is 0.111. The number of anilines is 1. The molecule has 3 nitrogen and oxygen atoms in total. The lowest BCUT2D eigenvalue weighted by atomic mass is 10.0. The number of rotatable bonds is 4. The van der Waals surface area contributed by atoms with Crippen molar-refractivity contribution in [2.45, 2.75) is 0 Å². The minimum atomic E-state index is -0.111. The molecule has 0 spiro atoms. The normalized spacial score (nSPS) is 10.4. The van der Waals surface area contributed by atoms with Gasteiger partial charge >= 0.3 is 0 Å². The van der Waals surface area contributed by atoms with Crippen LogP contribution in [0.2, 0.25) is 0 Å². The number of pyridine rings is 1. The van der Waals surface area contributed by atoms with Crippen molar-refractivity contribution >= 4 is 11.6 Å². The fraction of sp³-hybridized carbons (Fsp3) is 0. The van der Waals surface area contributed by atoms with Gasteiger partial charge in [0.2, 0.25) is 0 Å². The Labute approximate surface area is 158 Å². The Morgan fingerprint density at radius 2 is 1.41 bits per heavy atom. The molecule has 3 heteroatoms. The number of benzene rings is 3. The summed E-state index contributed by atoms with van der Waals surface area (Å²) in [4.78, 5) is 16.7. The van der Waals surface area contributed by atoms with Gasteiger partial charge in [0.05, 0.1) is 5.69 Å². The van der Waals surface area contributed by atoms with Crippen molar-refractivity contribution in [3.63, 3.8) is 0 Å². The van der Waals surface area contributed by atoms with Crippen molar-refractivity contribution in [1.29, 1.82) is 0 Å². The summed E-state index contributed by atoms with van der Waals surface area (Å²) in [6.07, 6.45) is 1.80. The lowest BCUT2D eigenvalue weighted by Crippen LogP contribution is -2.11. The van der Waals surface area contributed by atoms with Crippen molar-refractivity contribution in [3.8, 4) is 22.4 Å². The Kier molecular flexibility index (Phi) is 4.75. The molecule has 0 aliphatic heterocycles. The maximum atomic E-state index is 12.3. The molecule has 1 aromatic heterocycles. The molecule has 0 fully saturated rings. The summed E-state index contributed by atoms with van der Waals surface area (Å²) < 4.78 is 0. The second-order valence-electron chi connectivity index (χ2n) is 6.19. The average Bonchev–Trinajstić information content (AvgIpc) is 2.75. The molecule has 0 radical (unpaired) electrons. The molecule has 4 rings (SSSR count). The molecule has 27 heavy (non-hydrogen) atoms. The van der Waals surface area contributed by atoms with E-state index < -0.39 is 0 Å². The van der Waals surface area contributed by atoms with E-state index in [1.807, 2.05) is 66.7 Å². The van der Waals surface area contributed by atoms with Gasteiger partial charge in [-0.1, -0.05) is 54.6 Å². The molecular formula is C24H18N2O. The number of nitrogens with one attached hydrogen (secondary N) is 1. The van der Waals surface area contributed by atoms with Gasteiger partial charge in [0.15, 0.2) is 0 Å². The number of carbonyl (C=O) groups is 1. The molecular weight excluding hydrogens is 332 g/mol. The van der Waals surface area contributed by atoms with Gasteiger partial charge in [-0.05, 0) is 53.6 Å². The Morgan fingerprint density at radius 1 is 0.667 bits per heavy atom. The summed E-state index contributed by atoms with van der Waals surface area (Å²) >= 11 is 0. The maximum Gasteiger partial charge on any atom is 0.255 e. The molecule has 0 atom stereocenters. The predicted octanol–water partition coefficient (Wildman–Crippen LogP) is 5.67. The van der Waals surface area contributed by atoms with Crippen LogP contribution in [0.3, 0.4) is 0 Å². The first-order chi connectivity index (χ1) is 13.3. The van der Waals surface area contributed by atoms with E-state index in [2.05, 4.69) is 28.5 Å². The molecule has 1 amide bonds. The number of carbonyl (C=O) groups excluding carboxylic acids is 1. The van der Waals surface area contributed by atoms with Gasteiger partial charge in [0.1, 0.15) is 0 Å². The highest BCUT2D eigenvalue weighted by Gasteiger charge is 2.06. The third-order valence-corrected chi connectivity index (χ3v) is 4.34. The van der Waals surface area contributed by atoms with E-state index in [0.29, 0.717) is 5.56 Å². The van der Waals surface area contributed by atoms with Crippen LogP contribution in [0.1, 0.15) is 10.4 Å². The summed E-state index contributed by atoms with van der Waals surface area (Å²) in [5.74, 6) is -0.111. The summed E-state index contributed by atoms with van der Waals surface area (Å²) in [5.41, 5.74) is 5.64. The Hall–Kier alpha value is -3.72. The molecule has 0 saturated carbocycles. The minimum Gasteiger partial charge on any atom is -0.322 e. The van der Waals surface area contributed by atoms with E-state index in [1.165, 1.54) is 0 Å². The molecule has 0 aliphatic carbocycles. The van der Waals surface area contributed by atoms with E-state index in [9.17, 15) is 4.79 Å². The largest absolute Gasteiger partial charge is 0.322 e. The standard InChI is InChI=1S/C24H18N2O/c27-24(19-7-2-1-3-8-19)26-22-14-12-18(13-15-22)20-9-6-10-21(17-20)23-11-4-5-16-25-23/h1-17H,(H,26,27). The van der Waals surface area contributed by atoms with E-state index >= 15 is 0 Å². The monoisotopic (exact) mass is 350 g/mol. The molecule has 4 aromatic rings. The third kappa shape index (κ3) is 3.93. The third-order valence-electron chi connectivity index (χ3n) is 4.34. The highest BCUT2D eigenvalue weighted by molar-refractivity contribution is 6.04. The molecule has 0 aliphatic rings. The van der Waals surface area contributed by atoms with Crippen molar-refractivity contribution < 1.29 is 4.79 Å². The van der Waals surface area contributed by atoms with Crippen molar-refractivity contribution in [3.05, 3.63) is 109 Å². The Morgan fingerprint density at radius 3 is 2.15 bits per heavy atom. The van der Waals surface area contributed by atoms with Gasteiger partial charge in [0.25, 0.3) is 5.91 Å². The zero-order chi connectivity index (χ0) is 18.5. The van der Waals surface area contributed by atoms with E-state index in [1.54, 1.807) is 18.3 Å². The van der Waals surface area contributed by atoms with Gasteiger partial charge in [-0.2, -0.15) is 0 Å². The summed E-state index contributed by atoms with van der Waals surface area (Å²) in [7, 11) is 0. The van der Waals surface area contributed by atoms with Crippen LogP contribution < -0.4 is 5.32 Å². The van der Waals surface area contributed by atoms with Gasteiger partial charge in [-0.15, -0.1) is 0 Å². The first kappa shape index (κ1) is 16.7. The first-order valence-corrected chi connectivity index (χ1v) is 8.78. The molecule has 1 N–H and O–H groups in total. The second kappa shape index (κ2) is 7.67. The van der Waals surface area contributed by atoms with E-state index in [-0.39, 0.29) is 5.91 Å². The number of amides is 1. The van der Waals surface area contributed by atoms with Gasteiger partial charge in [0, 0.05) is 23.0 Å². The number of hydrogen-bond acceptors (Lipinski definition) is 2. The van der Waals surface area contributed by atoms with Gasteiger partial charge in [-0.3, -0.25) is 9.78 Å². The van der Waals surface area contributed by atoms with Crippen LogP contribution in [0.25, 0.3) is 22.4 Å². The number of nitrogens with zero attached hydrogens (tertiary/aromatic N) is 1. The zero-order valence-corrected chi connectivity index (χ0v) is 14.7. The maximum absolute atomic E-state index is 12.3. The fourth-order valence-corrected chi connectivity index (χ4v) is 2.93. The summed E-state index contributed by atoms with van der Waals surface area (Å²) in [6.45, 7) is 0. The van der Waals surface area contributed by atoms with Crippen LogP contribution in [-0.4, -0.2) is 10.9 Å². The average molecular weight is 350 g/mol. The van der Waals surface area contributed by atoms with Crippen LogP contribution in [-0.2, 0) is 0 Å². The van der Waals surface area contributed by atoms with Crippen LogP contribution in [0.15, 0.2) is 103 Å². The highest BCUT2D eigenvalue weighted by Crippen LogP contribution is 2.26. The van der Waals surface area contributed by atoms with Gasteiger partial charge in [-0.25, -0.2) is 0 Å². The van der Waals surface area contributed by atoms with Gasteiger partial charge < -0.3 is 5.32 Å². The quantitative estimate of drug-likeness (QED) is 0.515. The SMILES string of the molecule is O=C(Nc1ccc(-c2cccc(-c3ccccn3)c2)cc1)c1ccccc1. The smallest absolute Gasteiger partial charge is 0.255 e. The van der Waals surface area contributed by atoms with Crippen LogP contribution in [0.4, 0.5) is 5.69 Å². The molecule has 0 bridgehead atoms. The molecule has 0 unspecified atom stereocenters. The molecule has 1 heterocycles. The topological polar surface area (TPSA) is 42.0 Å². The lowest BCUT2D eigenvalue weighted by molar-refractivity contribution is 0.102. The molecule has 3 aromatic carbocycles. The van der Waals surface area contributed by atoms with Crippen LogP contribution >= 0.6 is 0 Å². The Balaban J connectivity index is 1.53. The lowest BCUT2D eigenvalue weighted by Gasteiger charge is -2.08. The van der Waals surface area contributed by atoms with Crippen LogP contribution in [0, 0.1) is 0 Å². The zero-order valence-electron chi connectivity index (χ0n) is 14.7. The Bertz CT molecular complexity index is 1040. The predicted molar refractivity (Wildman–Crippen MR) is 110 cm³/mol. The van der Waals surface area contributed by atoms with Crippen molar-refractivity contribution in [1.82, 2.24) is 4.98 Å². The first-order valence-electron chi connectivity index (χ1n) is 8.78. The molecule has 0 saturated heterocycles. The summed E-state index contributed by atoms with van der Waals surface area (Å²) in [5, 5.41) is 2.93. The van der Waals surface area contributed by atoms with E-state index in [0.717, 1.165) is 28.1 Å². The van der Waals surface area contributed by atoms with Crippen molar-refractivity contribution in [2.75, 3.05) is 5.32 Å². The van der Waals surface area contributed by atoms with E-state index in [4.69, 9.17) is 0 Å². The second-order valence-corrected chi connectivity index (χ2v) is 6.19. The van der Waals surface area contributed by atoms with Crippen molar-refractivity contribution in [2.24, 2.45) is 0 Å².